The van der Waals surface area contributed by atoms with Crippen LogP contribution < -0.4 is 4.74 Å². The fraction of sp³-hybridized carbons (Fsp3) is 0.143. The Hall–Kier alpha value is -2.40. The minimum atomic E-state index is -0.527. The van der Waals surface area contributed by atoms with Gasteiger partial charge in [-0.2, -0.15) is 0 Å². The van der Waals surface area contributed by atoms with E-state index in [-0.39, 0.29) is 11.3 Å². The molecule has 2 rings (SSSR count). The van der Waals surface area contributed by atoms with Crippen LogP contribution in [-0.4, -0.2) is 10.0 Å². The van der Waals surface area contributed by atoms with Crippen molar-refractivity contribution < 1.29 is 14.8 Å². The Balaban J connectivity index is 2.26. The van der Waals surface area contributed by atoms with Crippen LogP contribution >= 0.6 is 0 Å². The zero-order valence-electron chi connectivity index (χ0n) is 10.4. The molecule has 0 spiro atoms. The standard InChI is InChI=1S/C14H13NO4/c1-10-2-4-12(5-3-10)19-13-6-7-14(15(17)18)11(8-13)9-16/h2-8,16H,9H2,1H3. The van der Waals surface area contributed by atoms with Gasteiger partial charge in [0.25, 0.3) is 5.69 Å². The molecule has 0 amide bonds. The molecule has 0 saturated heterocycles. The number of nitro groups is 1. The molecular formula is C14H13NO4. The van der Waals surface area contributed by atoms with Gasteiger partial charge in [-0.3, -0.25) is 10.1 Å². The molecule has 0 unspecified atom stereocenters. The molecule has 0 aromatic heterocycles. The molecule has 0 atom stereocenters. The highest BCUT2D eigenvalue weighted by atomic mass is 16.6. The van der Waals surface area contributed by atoms with Gasteiger partial charge < -0.3 is 9.84 Å². The highest BCUT2D eigenvalue weighted by Gasteiger charge is 2.13. The fourth-order valence-corrected chi connectivity index (χ4v) is 1.67. The summed E-state index contributed by atoms with van der Waals surface area (Å²) in [5.74, 6) is 1.10. The lowest BCUT2D eigenvalue weighted by molar-refractivity contribution is -0.385. The number of aliphatic hydroxyl groups excluding tert-OH is 1. The lowest BCUT2D eigenvalue weighted by Gasteiger charge is -2.07. The third-order valence-corrected chi connectivity index (χ3v) is 2.67. The van der Waals surface area contributed by atoms with E-state index in [0.29, 0.717) is 11.5 Å². The summed E-state index contributed by atoms with van der Waals surface area (Å²) in [5, 5.41) is 19.9. The molecule has 1 N–H and O–H groups in total. The van der Waals surface area contributed by atoms with Crippen molar-refractivity contribution in [2.24, 2.45) is 0 Å². The van der Waals surface area contributed by atoms with E-state index in [2.05, 4.69) is 0 Å². The van der Waals surface area contributed by atoms with Gasteiger partial charge in [0.1, 0.15) is 11.5 Å². The maximum Gasteiger partial charge on any atom is 0.275 e. The molecule has 0 radical (unpaired) electrons. The van der Waals surface area contributed by atoms with Crippen LogP contribution in [0.1, 0.15) is 11.1 Å². The Bertz CT molecular complexity index is 593. The van der Waals surface area contributed by atoms with Crippen LogP contribution in [0, 0.1) is 17.0 Å². The highest BCUT2D eigenvalue weighted by molar-refractivity contribution is 5.46. The molecule has 0 bridgehead atoms. The zero-order chi connectivity index (χ0) is 13.8. The second-order valence-corrected chi connectivity index (χ2v) is 4.12. The van der Waals surface area contributed by atoms with E-state index >= 15 is 0 Å². The second-order valence-electron chi connectivity index (χ2n) is 4.12. The molecule has 2 aromatic carbocycles. The van der Waals surface area contributed by atoms with Gasteiger partial charge in [-0.05, 0) is 31.2 Å². The van der Waals surface area contributed by atoms with Crippen molar-refractivity contribution >= 4 is 5.69 Å². The Morgan fingerprint density at radius 2 is 1.79 bits per heavy atom. The maximum absolute atomic E-state index is 10.7. The molecular weight excluding hydrogens is 246 g/mol. The number of nitro benzene ring substituents is 1. The molecule has 98 valence electrons. The first-order chi connectivity index (χ1) is 9.10. The van der Waals surface area contributed by atoms with E-state index in [0.717, 1.165) is 5.56 Å². The summed E-state index contributed by atoms with van der Waals surface area (Å²) in [6.45, 7) is 1.57. The predicted octanol–water partition coefficient (Wildman–Crippen LogP) is 3.19. The zero-order valence-corrected chi connectivity index (χ0v) is 10.4. The van der Waals surface area contributed by atoms with Crippen molar-refractivity contribution in [1.82, 2.24) is 0 Å². The van der Waals surface area contributed by atoms with Crippen molar-refractivity contribution in [3.8, 4) is 11.5 Å². The minimum absolute atomic E-state index is 0.112. The first kappa shape index (κ1) is 13.0. The molecule has 0 heterocycles. The summed E-state index contributed by atoms with van der Waals surface area (Å²) in [5.41, 5.74) is 1.24. The number of nitrogens with zero attached hydrogens (tertiary/aromatic N) is 1. The Labute approximate surface area is 110 Å². The predicted molar refractivity (Wildman–Crippen MR) is 70.3 cm³/mol. The average Bonchev–Trinajstić information content (AvgIpc) is 2.41. The number of rotatable bonds is 4. The number of benzene rings is 2. The first-order valence-corrected chi connectivity index (χ1v) is 5.73. The third kappa shape index (κ3) is 3.08. The SMILES string of the molecule is Cc1ccc(Oc2ccc([N+](=O)[O-])c(CO)c2)cc1. The Morgan fingerprint density at radius 3 is 2.37 bits per heavy atom. The van der Waals surface area contributed by atoms with Gasteiger partial charge in [0.15, 0.2) is 0 Å². The van der Waals surface area contributed by atoms with Crippen LogP contribution in [0.25, 0.3) is 0 Å². The van der Waals surface area contributed by atoms with Crippen molar-refractivity contribution in [2.75, 3.05) is 0 Å². The smallest absolute Gasteiger partial charge is 0.275 e. The Kier molecular flexibility index (Phi) is 3.77. The third-order valence-electron chi connectivity index (χ3n) is 2.67. The summed E-state index contributed by atoms with van der Waals surface area (Å²) in [6, 6.07) is 11.8. The van der Waals surface area contributed by atoms with Gasteiger partial charge in [-0.25, -0.2) is 0 Å². The van der Waals surface area contributed by atoms with Gasteiger partial charge in [0, 0.05) is 6.07 Å². The normalized spacial score (nSPS) is 10.2. The minimum Gasteiger partial charge on any atom is -0.457 e. The molecule has 5 nitrogen and oxygen atoms in total. The summed E-state index contributed by atoms with van der Waals surface area (Å²) in [7, 11) is 0. The monoisotopic (exact) mass is 259 g/mol. The molecule has 19 heavy (non-hydrogen) atoms. The van der Waals surface area contributed by atoms with Gasteiger partial charge in [0.05, 0.1) is 17.1 Å². The van der Waals surface area contributed by atoms with Gasteiger partial charge in [-0.1, -0.05) is 17.7 Å². The Morgan fingerprint density at radius 1 is 1.16 bits per heavy atom. The first-order valence-electron chi connectivity index (χ1n) is 5.73. The molecule has 0 aliphatic carbocycles. The molecule has 0 fully saturated rings. The fourth-order valence-electron chi connectivity index (χ4n) is 1.67. The second kappa shape index (κ2) is 5.49. The van der Waals surface area contributed by atoms with E-state index in [1.165, 1.54) is 18.2 Å². The molecule has 2 aromatic rings. The van der Waals surface area contributed by atoms with E-state index in [9.17, 15) is 10.1 Å². The van der Waals surface area contributed by atoms with E-state index in [1.807, 2.05) is 31.2 Å². The summed E-state index contributed by atoms with van der Waals surface area (Å²) in [6.07, 6.45) is 0. The number of aryl methyl sites for hydroxylation is 1. The molecule has 0 saturated carbocycles. The lowest BCUT2D eigenvalue weighted by Crippen LogP contribution is -1.96. The topological polar surface area (TPSA) is 72.6 Å². The van der Waals surface area contributed by atoms with Gasteiger partial charge in [-0.15, -0.1) is 0 Å². The van der Waals surface area contributed by atoms with E-state index in [4.69, 9.17) is 9.84 Å². The van der Waals surface area contributed by atoms with Gasteiger partial charge >= 0.3 is 0 Å². The maximum atomic E-state index is 10.7. The quantitative estimate of drug-likeness (QED) is 0.676. The van der Waals surface area contributed by atoms with E-state index in [1.54, 1.807) is 0 Å². The molecule has 0 aliphatic heterocycles. The summed E-state index contributed by atoms with van der Waals surface area (Å²) in [4.78, 5) is 10.2. The van der Waals surface area contributed by atoms with Crippen molar-refractivity contribution in [3.05, 3.63) is 63.7 Å². The summed E-state index contributed by atoms with van der Waals surface area (Å²) >= 11 is 0. The highest BCUT2D eigenvalue weighted by Crippen LogP contribution is 2.27. The van der Waals surface area contributed by atoms with Crippen molar-refractivity contribution in [2.45, 2.75) is 13.5 Å². The van der Waals surface area contributed by atoms with Crippen LogP contribution in [0.5, 0.6) is 11.5 Å². The largest absolute Gasteiger partial charge is 0.457 e. The number of aliphatic hydroxyl groups is 1. The number of hydrogen-bond donors (Lipinski definition) is 1. The molecule has 5 heteroatoms. The van der Waals surface area contributed by atoms with Crippen LogP contribution in [-0.2, 0) is 6.61 Å². The van der Waals surface area contributed by atoms with Crippen LogP contribution in [0.3, 0.4) is 0 Å². The average molecular weight is 259 g/mol. The number of ether oxygens (including phenoxy) is 1. The number of hydrogen-bond acceptors (Lipinski definition) is 4. The molecule has 0 aliphatic rings. The van der Waals surface area contributed by atoms with Crippen LogP contribution in [0.2, 0.25) is 0 Å². The summed E-state index contributed by atoms with van der Waals surface area (Å²) < 4.78 is 5.58. The van der Waals surface area contributed by atoms with Crippen molar-refractivity contribution in [3.63, 3.8) is 0 Å². The van der Waals surface area contributed by atoms with Gasteiger partial charge in [0.2, 0.25) is 0 Å². The van der Waals surface area contributed by atoms with Crippen LogP contribution in [0.4, 0.5) is 5.69 Å². The van der Waals surface area contributed by atoms with E-state index < -0.39 is 11.5 Å². The van der Waals surface area contributed by atoms with Crippen LogP contribution in [0.15, 0.2) is 42.5 Å². The van der Waals surface area contributed by atoms with Crippen molar-refractivity contribution in [1.29, 1.82) is 0 Å². The lowest BCUT2D eigenvalue weighted by atomic mass is 10.2.